The molecule has 1 unspecified atom stereocenters. The summed E-state index contributed by atoms with van der Waals surface area (Å²) < 4.78 is 68.4. The first-order chi connectivity index (χ1) is 20.0. The van der Waals surface area contributed by atoms with Crippen LogP contribution in [0.5, 0.6) is 11.5 Å². The zero-order valence-corrected chi connectivity index (χ0v) is 22.6. The van der Waals surface area contributed by atoms with E-state index >= 15 is 0 Å². The summed E-state index contributed by atoms with van der Waals surface area (Å²) in [5.41, 5.74) is -5.78. The molecule has 220 valence electrons. The fraction of sp³-hybridized carbons (Fsp3) is 0.250. The second-order valence-corrected chi connectivity index (χ2v) is 9.85. The Balaban J connectivity index is 1.58. The van der Waals surface area contributed by atoms with Crippen LogP contribution in [0.25, 0.3) is 22.2 Å². The summed E-state index contributed by atoms with van der Waals surface area (Å²) in [4.78, 5) is 23.7. The average Bonchev–Trinajstić information content (AvgIpc) is 3.37. The van der Waals surface area contributed by atoms with Gasteiger partial charge in [-0.25, -0.2) is 14.2 Å². The Kier molecular flexibility index (Phi) is 7.70. The second kappa shape index (κ2) is 11.0. The number of nitrogens with zero attached hydrogens (tertiary/aromatic N) is 2. The molecule has 0 radical (unpaired) electrons. The van der Waals surface area contributed by atoms with E-state index in [1.165, 1.54) is 37.6 Å². The van der Waals surface area contributed by atoms with Crippen molar-refractivity contribution in [3.05, 3.63) is 83.4 Å². The lowest BCUT2D eigenvalue weighted by molar-refractivity contribution is -0.265. The van der Waals surface area contributed by atoms with Gasteiger partial charge in [0.1, 0.15) is 34.9 Å². The SMILES string of the molecule is COc1cc(C(=O)NC[C@@](O)(c2cc3c(c(-c4ccc(F)cc4)n2)OCC3(CO)NCl)C(F)(F)F)cc2cccnc12. The van der Waals surface area contributed by atoms with E-state index < -0.39 is 47.9 Å². The molecule has 2 aromatic heterocycles. The van der Waals surface area contributed by atoms with E-state index in [1.54, 1.807) is 12.1 Å². The lowest BCUT2D eigenvalue weighted by Gasteiger charge is -2.32. The highest BCUT2D eigenvalue weighted by atomic mass is 35.5. The predicted molar refractivity (Wildman–Crippen MR) is 143 cm³/mol. The van der Waals surface area contributed by atoms with E-state index in [0.29, 0.717) is 10.9 Å². The third kappa shape index (κ3) is 4.98. The lowest BCUT2D eigenvalue weighted by atomic mass is 9.88. The minimum Gasteiger partial charge on any atom is -0.494 e. The molecule has 0 aliphatic carbocycles. The summed E-state index contributed by atoms with van der Waals surface area (Å²) in [5.74, 6) is -1.33. The third-order valence-corrected chi connectivity index (χ3v) is 7.43. The molecule has 1 aliphatic heterocycles. The smallest absolute Gasteiger partial charge is 0.424 e. The number of alkyl halides is 3. The minimum absolute atomic E-state index is 0.0158. The maximum atomic E-state index is 14.6. The number of amides is 1. The number of benzene rings is 2. The van der Waals surface area contributed by atoms with E-state index in [9.17, 15) is 32.6 Å². The molecule has 2 aromatic carbocycles. The van der Waals surface area contributed by atoms with Crippen molar-refractivity contribution in [1.82, 2.24) is 20.1 Å². The Morgan fingerprint density at radius 3 is 2.57 bits per heavy atom. The minimum atomic E-state index is -5.34. The predicted octanol–water partition coefficient (Wildman–Crippen LogP) is 3.95. The van der Waals surface area contributed by atoms with Gasteiger partial charge >= 0.3 is 6.18 Å². The summed E-state index contributed by atoms with van der Waals surface area (Å²) in [6.45, 7) is -2.30. The maximum Gasteiger partial charge on any atom is 0.424 e. The summed E-state index contributed by atoms with van der Waals surface area (Å²) >= 11 is 5.89. The number of pyridine rings is 2. The van der Waals surface area contributed by atoms with Crippen molar-refractivity contribution in [2.75, 3.05) is 26.9 Å². The van der Waals surface area contributed by atoms with Crippen LogP contribution >= 0.6 is 11.8 Å². The Hall–Kier alpha value is -4.04. The Bertz CT molecular complexity index is 1650. The molecule has 0 saturated carbocycles. The number of nitrogens with one attached hydrogen (secondary N) is 2. The van der Waals surface area contributed by atoms with Crippen molar-refractivity contribution < 1.29 is 42.0 Å². The van der Waals surface area contributed by atoms with E-state index in [0.717, 1.165) is 18.2 Å². The van der Waals surface area contributed by atoms with Crippen molar-refractivity contribution in [3.63, 3.8) is 0 Å². The highest BCUT2D eigenvalue weighted by Crippen LogP contribution is 2.47. The molecular weight excluding hydrogens is 584 g/mol. The number of carbonyl (C=O) groups is 1. The maximum absolute atomic E-state index is 14.6. The zero-order valence-electron chi connectivity index (χ0n) is 21.8. The number of carbonyl (C=O) groups excluding carboxylic acids is 1. The van der Waals surface area contributed by atoms with Crippen LogP contribution in [0.3, 0.4) is 0 Å². The largest absolute Gasteiger partial charge is 0.494 e. The van der Waals surface area contributed by atoms with Crippen LogP contribution < -0.4 is 19.6 Å². The normalized spacial score (nSPS) is 17.8. The van der Waals surface area contributed by atoms with Crippen molar-refractivity contribution >= 4 is 28.6 Å². The Morgan fingerprint density at radius 1 is 1.19 bits per heavy atom. The quantitative estimate of drug-likeness (QED) is 0.176. The van der Waals surface area contributed by atoms with Crippen LogP contribution in [0, 0.1) is 5.82 Å². The highest BCUT2D eigenvalue weighted by molar-refractivity contribution is 6.14. The van der Waals surface area contributed by atoms with Crippen LogP contribution in [0.15, 0.2) is 60.8 Å². The molecule has 0 saturated heterocycles. The highest BCUT2D eigenvalue weighted by Gasteiger charge is 2.57. The number of hydrogen-bond donors (Lipinski definition) is 4. The first-order valence-electron chi connectivity index (χ1n) is 12.4. The van der Waals surface area contributed by atoms with E-state index in [4.69, 9.17) is 21.3 Å². The van der Waals surface area contributed by atoms with Crippen LogP contribution in [0.2, 0.25) is 0 Å². The second-order valence-electron chi connectivity index (χ2n) is 9.66. The van der Waals surface area contributed by atoms with Crippen molar-refractivity contribution in [1.29, 1.82) is 0 Å². The number of fused-ring (bicyclic) bond motifs is 2. The van der Waals surface area contributed by atoms with E-state index in [-0.39, 0.29) is 40.5 Å². The van der Waals surface area contributed by atoms with Gasteiger partial charge in [0.2, 0.25) is 5.60 Å². The third-order valence-electron chi connectivity index (χ3n) is 7.07. The van der Waals surface area contributed by atoms with Crippen LogP contribution in [0.4, 0.5) is 17.6 Å². The fourth-order valence-corrected chi connectivity index (χ4v) is 4.87. The molecule has 42 heavy (non-hydrogen) atoms. The van der Waals surface area contributed by atoms with Gasteiger partial charge in [-0.15, -0.1) is 0 Å². The van der Waals surface area contributed by atoms with Gasteiger partial charge in [0.25, 0.3) is 5.91 Å². The molecule has 1 aliphatic rings. The van der Waals surface area contributed by atoms with Gasteiger partial charge in [0.05, 0.1) is 26.0 Å². The topological polar surface area (TPSA) is 126 Å². The summed E-state index contributed by atoms with van der Waals surface area (Å²) in [6.07, 6.45) is -3.82. The van der Waals surface area contributed by atoms with Crippen LogP contribution in [-0.2, 0) is 11.1 Å². The van der Waals surface area contributed by atoms with E-state index in [1.807, 2.05) is 0 Å². The molecule has 4 N–H and O–H groups in total. The van der Waals surface area contributed by atoms with Gasteiger partial charge in [-0.05, 0) is 60.3 Å². The van der Waals surface area contributed by atoms with Gasteiger partial charge < -0.3 is 25.0 Å². The molecule has 4 aromatic rings. The zero-order chi connectivity index (χ0) is 30.3. The number of halogens is 5. The Morgan fingerprint density at radius 2 is 1.93 bits per heavy atom. The van der Waals surface area contributed by atoms with Gasteiger partial charge in [-0.1, -0.05) is 6.07 Å². The standard InChI is InChI=1S/C28H23ClF4N4O5/c1-41-20-10-17(9-16-3-2-8-34-22(16)20)25(39)35-12-27(40,28(31,32)33)21-11-19-24(42-14-26(19,13-38)37-29)23(36-21)15-4-6-18(30)7-5-15/h2-11,37-38,40H,12-14H2,1H3,(H,35,39)/t26?,27-/m1/s1. The van der Waals surface area contributed by atoms with Gasteiger partial charge in [0, 0.05) is 28.3 Å². The number of ether oxygens (including phenoxy) is 2. The molecule has 0 bridgehead atoms. The summed E-state index contributed by atoms with van der Waals surface area (Å²) in [6, 6.07) is 11.6. The fourth-order valence-electron chi connectivity index (χ4n) is 4.65. The van der Waals surface area contributed by atoms with Gasteiger partial charge in [-0.2, -0.15) is 13.2 Å². The average molecular weight is 607 g/mol. The molecule has 5 rings (SSSR count). The molecule has 2 atom stereocenters. The van der Waals surface area contributed by atoms with Gasteiger partial charge in [-0.3, -0.25) is 9.78 Å². The first kappa shape index (κ1) is 29.5. The summed E-state index contributed by atoms with van der Waals surface area (Å²) in [5, 5.41) is 23.9. The van der Waals surface area contributed by atoms with Crippen LogP contribution in [-0.4, -0.2) is 59.1 Å². The lowest BCUT2D eigenvalue weighted by Crippen LogP contribution is -2.52. The van der Waals surface area contributed by atoms with Crippen molar-refractivity contribution in [2.45, 2.75) is 17.3 Å². The Labute approximate surface area is 241 Å². The monoisotopic (exact) mass is 606 g/mol. The van der Waals surface area contributed by atoms with Crippen molar-refractivity contribution in [3.8, 4) is 22.8 Å². The number of aromatic nitrogens is 2. The molecule has 0 spiro atoms. The number of methoxy groups -OCH3 is 1. The number of rotatable bonds is 8. The molecule has 9 nitrogen and oxygen atoms in total. The molecular formula is C28H23ClF4N4O5. The first-order valence-corrected chi connectivity index (χ1v) is 12.8. The molecule has 1 amide bonds. The number of hydrogen-bond acceptors (Lipinski definition) is 8. The van der Waals surface area contributed by atoms with Crippen LogP contribution in [0.1, 0.15) is 21.6 Å². The van der Waals surface area contributed by atoms with E-state index in [2.05, 4.69) is 20.1 Å². The number of aliphatic hydroxyl groups excluding tert-OH is 1. The molecule has 14 heteroatoms. The summed E-state index contributed by atoms with van der Waals surface area (Å²) in [7, 11) is 1.36. The molecule has 0 fully saturated rings. The number of aliphatic hydroxyl groups is 2. The molecule has 3 heterocycles. The van der Waals surface area contributed by atoms with Crippen molar-refractivity contribution in [2.24, 2.45) is 0 Å². The van der Waals surface area contributed by atoms with Gasteiger partial charge in [0.15, 0.2) is 5.75 Å².